The summed E-state index contributed by atoms with van der Waals surface area (Å²) in [6.45, 7) is 10.2. The van der Waals surface area contributed by atoms with Crippen LogP contribution in [0.5, 0.6) is 0 Å². The van der Waals surface area contributed by atoms with Gasteiger partial charge in [-0.15, -0.1) is 0 Å². The van der Waals surface area contributed by atoms with Crippen molar-refractivity contribution in [2.45, 2.75) is 45.7 Å². The smallest absolute Gasteiger partial charge is 0.146 e. The fourth-order valence-electron chi connectivity index (χ4n) is 2.97. The monoisotopic (exact) mass is 293 g/mol. The molecule has 1 heterocycles. The lowest BCUT2D eigenvalue weighted by molar-refractivity contribution is 0.192. The summed E-state index contributed by atoms with van der Waals surface area (Å²) in [4.78, 5) is 4.64. The Kier molecular flexibility index (Phi) is 5.59. The zero-order valence-corrected chi connectivity index (χ0v) is 13.5. The molecular weight excluding hydrogens is 265 g/mol. The first-order valence-corrected chi connectivity index (χ1v) is 8.04. The van der Waals surface area contributed by atoms with E-state index in [1.807, 2.05) is 19.1 Å². The predicted molar refractivity (Wildman–Crippen MR) is 87.3 cm³/mol. The summed E-state index contributed by atoms with van der Waals surface area (Å²) >= 11 is 0. The molecule has 0 amide bonds. The summed E-state index contributed by atoms with van der Waals surface area (Å²) in [6.07, 6.45) is 1.89. The summed E-state index contributed by atoms with van der Waals surface area (Å²) < 4.78 is 14.3. The van der Waals surface area contributed by atoms with Gasteiger partial charge in [0, 0.05) is 38.3 Å². The van der Waals surface area contributed by atoms with Gasteiger partial charge in [-0.3, -0.25) is 4.90 Å². The maximum atomic E-state index is 14.3. The van der Waals surface area contributed by atoms with Crippen molar-refractivity contribution in [1.82, 2.24) is 4.90 Å². The number of nitrogens with zero attached hydrogens (tertiary/aromatic N) is 2. The Bertz CT molecular complexity index is 453. The number of halogens is 1. The molecule has 1 fully saturated rings. The minimum Gasteiger partial charge on any atom is -0.367 e. The Balaban J connectivity index is 2.00. The van der Waals surface area contributed by atoms with Crippen LogP contribution in [0.2, 0.25) is 0 Å². The fraction of sp³-hybridized carbons (Fsp3) is 0.647. The van der Waals surface area contributed by atoms with Crippen LogP contribution in [0.3, 0.4) is 0 Å². The molecule has 2 N–H and O–H groups in total. The van der Waals surface area contributed by atoms with Gasteiger partial charge >= 0.3 is 0 Å². The summed E-state index contributed by atoms with van der Waals surface area (Å²) in [6, 6.07) is 6.23. The third-order valence-electron chi connectivity index (χ3n) is 4.44. The van der Waals surface area contributed by atoms with E-state index in [9.17, 15) is 4.39 Å². The Hall–Kier alpha value is -1.13. The number of hydrogen-bond donors (Lipinski definition) is 1. The van der Waals surface area contributed by atoms with E-state index >= 15 is 0 Å². The molecule has 4 heteroatoms. The highest BCUT2D eigenvalue weighted by Gasteiger charge is 2.22. The van der Waals surface area contributed by atoms with E-state index in [4.69, 9.17) is 5.73 Å². The van der Waals surface area contributed by atoms with Crippen molar-refractivity contribution in [3.63, 3.8) is 0 Å². The largest absolute Gasteiger partial charge is 0.367 e. The molecule has 3 nitrogen and oxygen atoms in total. The van der Waals surface area contributed by atoms with E-state index < -0.39 is 0 Å². The average molecular weight is 293 g/mol. The highest BCUT2D eigenvalue weighted by Crippen LogP contribution is 2.23. The Morgan fingerprint density at radius 1 is 1.19 bits per heavy atom. The van der Waals surface area contributed by atoms with Crippen LogP contribution in [0.15, 0.2) is 18.2 Å². The van der Waals surface area contributed by atoms with Crippen LogP contribution in [0, 0.1) is 5.82 Å². The number of anilines is 1. The molecular formula is C17H28FN3. The molecule has 0 spiro atoms. The first kappa shape index (κ1) is 16.2. The van der Waals surface area contributed by atoms with Crippen LogP contribution in [-0.4, -0.2) is 43.2 Å². The van der Waals surface area contributed by atoms with Crippen LogP contribution in [0.25, 0.3) is 0 Å². The van der Waals surface area contributed by atoms with Gasteiger partial charge in [-0.25, -0.2) is 4.39 Å². The van der Waals surface area contributed by atoms with Crippen molar-refractivity contribution in [2.75, 3.05) is 31.1 Å². The highest BCUT2D eigenvalue weighted by atomic mass is 19.1. The SMILES string of the molecule is CCC(C)N1CCN(c2ccc(CC(C)N)cc2F)CC1. The second-order valence-electron chi connectivity index (χ2n) is 6.25. The van der Waals surface area contributed by atoms with Crippen molar-refractivity contribution in [1.29, 1.82) is 0 Å². The predicted octanol–water partition coefficient (Wildman–Crippen LogP) is 2.64. The summed E-state index contributed by atoms with van der Waals surface area (Å²) in [5.41, 5.74) is 7.48. The van der Waals surface area contributed by atoms with Crippen LogP contribution < -0.4 is 10.6 Å². The van der Waals surface area contributed by atoms with Crippen LogP contribution in [0.4, 0.5) is 10.1 Å². The molecule has 1 aromatic carbocycles. The first-order chi connectivity index (χ1) is 10.0. The number of piperazine rings is 1. The lowest BCUT2D eigenvalue weighted by Gasteiger charge is -2.39. The third-order valence-corrected chi connectivity index (χ3v) is 4.44. The van der Waals surface area contributed by atoms with E-state index in [1.54, 1.807) is 6.07 Å². The van der Waals surface area contributed by atoms with Crippen LogP contribution in [-0.2, 0) is 6.42 Å². The topological polar surface area (TPSA) is 32.5 Å². The van der Waals surface area contributed by atoms with Crippen LogP contribution >= 0.6 is 0 Å². The van der Waals surface area contributed by atoms with Gasteiger partial charge in [0.1, 0.15) is 5.82 Å². The first-order valence-electron chi connectivity index (χ1n) is 8.04. The molecule has 0 saturated carbocycles. The normalized spacial score (nSPS) is 19.6. The van der Waals surface area contributed by atoms with E-state index in [0.717, 1.165) is 43.9 Å². The van der Waals surface area contributed by atoms with E-state index in [0.29, 0.717) is 6.04 Å². The molecule has 2 atom stereocenters. The van der Waals surface area contributed by atoms with Crippen molar-refractivity contribution in [2.24, 2.45) is 5.73 Å². The van der Waals surface area contributed by atoms with Crippen molar-refractivity contribution < 1.29 is 4.39 Å². The number of benzene rings is 1. The molecule has 118 valence electrons. The van der Waals surface area contributed by atoms with Gasteiger partial charge in [0.25, 0.3) is 0 Å². The molecule has 1 aromatic rings. The molecule has 0 aliphatic carbocycles. The van der Waals surface area contributed by atoms with Crippen molar-refractivity contribution in [3.05, 3.63) is 29.6 Å². The Morgan fingerprint density at radius 3 is 2.38 bits per heavy atom. The molecule has 2 rings (SSSR count). The molecule has 0 aromatic heterocycles. The van der Waals surface area contributed by atoms with Gasteiger partial charge in [-0.05, 0) is 44.4 Å². The summed E-state index contributed by atoms with van der Waals surface area (Å²) in [7, 11) is 0. The summed E-state index contributed by atoms with van der Waals surface area (Å²) in [5.74, 6) is -0.120. The van der Waals surface area contributed by atoms with Crippen molar-refractivity contribution >= 4 is 5.69 Å². The summed E-state index contributed by atoms with van der Waals surface area (Å²) in [5, 5.41) is 0. The van der Waals surface area contributed by atoms with Gasteiger partial charge < -0.3 is 10.6 Å². The Labute approximate surface area is 127 Å². The van der Waals surface area contributed by atoms with Gasteiger partial charge in [0.2, 0.25) is 0 Å². The van der Waals surface area contributed by atoms with Gasteiger partial charge in [0.15, 0.2) is 0 Å². The number of nitrogens with two attached hydrogens (primary N) is 1. The average Bonchev–Trinajstić information content (AvgIpc) is 2.46. The number of hydrogen-bond acceptors (Lipinski definition) is 3. The van der Waals surface area contributed by atoms with E-state index in [-0.39, 0.29) is 11.9 Å². The second-order valence-corrected chi connectivity index (χ2v) is 6.25. The molecule has 1 aliphatic heterocycles. The van der Waals surface area contributed by atoms with Gasteiger partial charge in [-0.1, -0.05) is 13.0 Å². The highest BCUT2D eigenvalue weighted by molar-refractivity contribution is 5.49. The van der Waals surface area contributed by atoms with Gasteiger partial charge in [-0.2, -0.15) is 0 Å². The maximum Gasteiger partial charge on any atom is 0.146 e. The van der Waals surface area contributed by atoms with Gasteiger partial charge in [0.05, 0.1) is 5.69 Å². The molecule has 0 radical (unpaired) electrons. The second kappa shape index (κ2) is 7.23. The quantitative estimate of drug-likeness (QED) is 0.906. The minimum atomic E-state index is -0.120. The standard InChI is InChI=1S/C17H28FN3/c1-4-14(3)20-7-9-21(10-8-20)17-6-5-15(11-13(2)19)12-16(17)18/h5-6,12-14H,4,7-11,19H2,1-3H3. The molecule has 21 heavy (non-hydrogen) atoms. The zero-order chi connectivity index (χ0) is 15.4. The number of rotatable bonds is 5. The van der Waals surface area contributed by atoms with E-state index in [2.05, 4.69) is 23.6 Å². The lowest BCUT2D eigenvalue weighted by Crippen LogP contribution is -2.49. The molecule has 1 aliphatic rings. The zero-order valence-electron chi connectivity index (χ0n) is 13.5. The van der Waals surface area contributed by atoms with E-state index in [1.165, 1.54) is 6.42 Å². The Morgan fingerprint density at radius 2 is 1.86 bits per heavy atom. The lowest BCUT2D eigenvalue weighted by atomic mass is 10.1. The minimum absolute atomic E-state index is 0.0642. The molecule has 1 saturated heterocycles. The maximum absolute atomic E-state index is 14.3. The fourth-order valence-corrected chi connectivity index (χ4v) is 2.97. The van der Waals surface area contributed by atoms with Crippen molar-refractivity contribution in [3.8, 4) is 0 Å². The van der Waals surface area contributed by atoms with Crippen LogP contribution in [0.1, 0.15) is 32.8 Å². The third kappa shape index (κ3) is 4.17. The molecule has 0 bridgehead atoms. The molecule has 2 unspecified atom stereocenters.